The summed E-state index contributed by atoms with van der Waals surface area (Å²) in [5.41, 5.74) is 0. The number of amides is 1. The molecule has 0 heterocycles. The number of allylic oxidation sites excluding steroid dienone is 4. The van der Waals surface area contributed by atoms with E-state index in [4.69, 9.17) is 13.8 Å². The van der Waals surface area contributed by atoms with E-state index in [-0.39, 0.29) is 12.8 Å². The summed E-state index contributed by atoms with van der Waals surface area (Å²) in [5, 5.41) is 21.8. The van der Waals surface area contributed by atoms with Crippen LogP contribution in [0.15, 0.2) is 24.3 Å². The average molecular weight is 788 g/mol. The molecule has 0 radical (unpaired) electrons. The summed E-state index contributed by atoms with van der Waals surface area (Å²) >= 11 is 0. The summed E-state index contributed by atoms with van der Waals surface area (Å²) in [6, 6.07) is -1.55. The van der Waals surface area contributed by atoms with E-state index in [0.29, 0.717) is 12.8 Å². The van der Waals surface area contributed by atoms with Crippen molar-refractivity contribution in [2.45, 2.75) is 206 Å². The molecule has 0 spiro atoms. The highest BCUT2D eigenvalue weighted by Crippen LogP contribution is 2.43. The van der Waals surface area contributed by atoms with Crippen molar-refractivity contribution in [2.24, 2.45) is 0 Å². The lowest BCUT2D eigenvalue weighted by atomic mass is 10.1. The lowest BCUT2D eigenvalue weighted by Gasteiger charge is -2.18. The Morgan fingerprint density at radius 3 is 1.43 bits per heavy atom. The summed E-state index contributed by atoms with van der Waals surface area (Å²) in [7, 11) is -4.75. The molecule has 0 fully saturated rings. The molecular formula is C42H78NO10P. The van der Waals surface area contributed by atoms with Gasteiger partial charge in [-0.15, -0.1) is 0 Å². The fraction of sp³-hybridized carbons (Fsp3) is 0.833. The van der Waals surface area contributed by atoms with Crippen LogP contribution in [0.2, 0.25) is 0 Å². The highest BCUT2D eigenvalue weighted by molar-refractivity contribution is 7.47. The number of carboxylic acids is 1. The van der Waals surface area contributed by atoms with Crippen LogP contribution in [0.25, 0.3) is 0 Å². The fourth-order valence-electron chi connectivity index (χ4n) is 5.83. The van der Waals surface area contributed by atoms with Gasteiger partial charge in [0.2, 0.25) is 5.91 Å². The molecule has 1 amide bonds. The number of aliphatic hydroxyl groups is 1. The van der Waals surface area contributed by atoms with Gasteiger partial charge in [-0.05, 0) is 64.2 Å². The van der Waals surface area contributed by atoms with Gasteiger partial charge >= 0.3 is 19.8 Å². The summed E-state index contributed by atoms with van der Waals surface area (Å²) in [6.45, 7) is 2.56. The molecule has 0 aliphatic rings. The van der Waals surface area contributed by atoms with Gasteiger partial charge < -0.3 is 25.2 Å². The van der Waals surface area contributed by atoms with Crippen molar-refractivity contribution in [3.05, 3.63) is 24.3 Å². The highest BCUT2D eigenvalue weighted by atomic mass is 31.2. The van der Waals surface area contributed by atoms with Crippen LogP contribution in [0.3, 0.4) is 0 Å². The van der Waals surface area contributed by atoms with Gasteiger partial charge in [-0.1, -0.05) is 141 Å². The first-order valence-electron chi connectivity index (χ1n) is 21.4. The molecule has 0 aromatic rings. The lowest BCUT2D eigenvalue weighted by molar-refractivity contribution is -0.147. The van der Waals surface area contributed by atoms with Gasteiger partial charge in [0.1, 0.15) is 12.7 Å². The highest BCUT2D eigenvalue weighted by Gasteiger charge is 2.28. The quantitative estimate of drug-likeness (QED) is 0.0203. The van der Waals surface area contributed by atoms with Crippen molar-refractivity contribution in [1.82, 2.24) is 5.32 Å². The van der Waals surface area contributed by atoms with Gasteiger partial charge in [0.25, 0.3) is 0 Å². The van der Waals surface area contributed by atoms with Crippen molar-refractivity contribution in [1.29, 1.82) is 0 Å². The number of aliphatic hydroxyl groups excluding tert-OH is 1. The van der Waals surface area contributed by atoms with E-state index >= 15 is 0 Å². The second kappa shape index (κ2) is 37.9. The Kier molecular flexibility index (Phi) is 36.4. The number of phosphoric acid groups is 1. The van der Waals surface area contributed by atoms with Crippen LogP contribution in [0.5, 0.6) is 0 Å². The van der Waals surface area contributed by atoms with Crippen molar-refractivity contribution in [3.63, 3.8) is 0 Å². The second-order valence-electron chi connectivity index (χ2n) is 14.5. The summed E-state index contributed by atoms with van der Waals surface area (Å²) < 4.78 is 26.8. The second-order valence-corrected chi connectivity index (χ2v) is 16.0. The zero-order valence-corrected chi connectivity index (χ0v) is 34.9. The fourth-order valence-corrected chi connectivity index (χ4v) is 6.61. The summed E-state index contributed by atoms with van der Waals surface area (Å²) in [6.07, 6.45) is 37.7. The third-order valence-corrected chi connectivity index (χ3v) is 10.2. The van der Waals surface area contributed by atoms with E-state index in [2.05, 4.69) is 43.5 Å². The van der Waals surface area contributed by atoms with Crippen LogP contribution in [-0.4, -0.2) is 64.9 Å². The number of ether oxygens (including phenoxy) is 1. The molecule has 316 valence electrons. The van der Waals surface area contributed by atoms with E-state index in [1.54, 1.807) is 0 Å². The van der Waals surface area contributed by atoms with E-state index in [9.17, 15) is 34.1 Å². The van der Waals surface area contributed by atoms with Gasteiger partial charge in [0, 0.05) is 12.8 Å². The van der Waals surface area contributed by atoms with Gasteiger partial charge in [0.15, 0.2) is 6.04 Å². The van der Waals surface area contributed by atoms with Gasteiger partial charge in [-0.2, -0.15) is 0 Å². The molecule has 12 heteroatoms. The Labute approximate surface area is 328 Å². The average Bonchev–Trinajstić information content (AvgIpc) is 3.14. The topological polar surface area (TPSA) is 169 Å². The molecular weight excluding hydrogens is 709 g/mol. The normalized spacial score (nSPS) is 14.0. The minimum absolute atomic E-state index is 0.136. The largest absolute Gasteiger partial charge is 0.480 e. The molecule has 0 bridgehead atoms. The van der Waals surface area contributed by atoms with Crippen molar-refractivity contribution in [2.75, 3.05) is 19.8 Å². The van der Waals surface area contributed by atoms with Crippen molar-refractivity contribution >= 4 is 25.7 Å². The number of hydrogen-bond donors (Lipinski definition) is 4. The monoisotopic (exact) mass is 788 g/mol. The number of aliphatic carboxylic acids is 1. The molecule has 0 saturated heterocycles. The third-order valence-electron chi connectivity index (χ3n) is 9.21. The molecule has 4 N–H and O–H groups in total. The van der Waals surface area contributed by atoms with E-state index in [1.807, 2.05) is 0 Å². The van der Waals surface area contributed by atoms with E-state index in [0.717, 1.165) is 64.2 Å². The Morgan fingerprint density at radius 1 is 0.574 bits per heavy atom. The zero-order chi connectivity index (χ0) is 40.0. The smallest absolute Gasteiger partial charge is 0.472 e. The molecule has 0 aromatic heterocycles. The Hall–Kier alpha value is -2.04. The minimum Gasteiger partial charge on any atom is -0.480 e. The number of nitrogens with one attached hydrogen (secondary N) is 1. The number of esters is 1. The summed E-state index contributed by atoms with van der Waals surface area (Å²) in [4.78, 5) is 45.8. The number of carboxylic acid groups (broad SMARTS) is 1. The van der Waals surface area contributed by atoms with Gasteiger partial charge in [-0.25, -0.2) is 9.36 Å². The first-order valence-corrected chi connectivity index (χ1v) is 22.9. The third kappa shape index (κ3) is 36.9. The number of carbonyl (C=O) groups is 3. The van der Waals surface area contributed by atoms with Gasteiger partial charge in [0.05, 0.1) is 13.2 Å². The van der Waals surface area contributed by atoms with Crippen LogP contribution >= 0.6 is 7.82 Å². The Bertz CT molecular complexity index is 1020. The van der Waals surface area contributed by atoms with E-state index < -0.39 is 57.6 Å². The molecule has 0 aliphatic carbocycles. The van der Waals surface area contributed by atoms with Crippen LogP contribution in [0, 0.1) is 0 Å². The molecule has 54 heavy (non-hydrogen) atoms. The molecule has 0 rings (SSSR count). The number of hydrogen-bond acceptors (Lipinski definition) is 8. The molecule has 3 atom stereocenters. The van der Waals surface area contributed by atoms with Crippen molar-refractivity contribution < 1.29 is 47.8 Å². The predicted octanol–water partition coefficient (Wildman–Crippen LogP) is 10.7. The minimum atomic E-state index is -4.75. The lowest BCUT2D eigenvalue weighted by Crippen LogP contribution is -2.43. The maximum Gasteiger partial charge on any atom is 0.472 e. The zero-order valence-electron chi connectivity index (χ0n) is 34.0. The maximum atomic E-state index is 12.3. The Morgan fingerprint density at radius 2 is 0.963 bits per heavy atom. The SMILES string of the molecule is CCCCCC/C=C\CCCCCCCC(=O)NC(COP(=O)(O)OCC(O)COC(=O)CCCCCCCCC/C=C\CCCCCCCC)C(=O)O. The molecule has 3 unspecified atom stereocenters. The molecule has 0 saturated carbocycles. The van der Waals surface area contributed by atoms with Crippen LogP contribution < -0.4 is 5.32 Å². The molecule has 0 aliphatic heterocycles. The van der Waals surface area contributed by atoms with Crippen LogP contribution in [-0.2, 0) is 32.7 Å². The number of unbranched alkanes of at least 4 members (excludes halogenated alkanes) is 22. The van der Waals surface area contributed by atoms with E-state index in [1.165, 1.54) is 89.9 Å². The van der Waals surface area contributed by atoms with Crippen LogP contribution in [0.4, 0.5) is 0 Å². The maximum absolute atomic E-state index is 12.3. The number of rotatable bonds is 40. The first-order chi connectivity index (χ1) is 26.1. The number of phosphoric ester groups is 1. The predicted molar refractivity (Wildman–Crippen MR) is 217 cm³/mol. The summed E-state index contributed by atoms with van der Waals surface area (Å²) in [5.74, 6) is -2.39. The van der Waals surface area contributed by atoms with Crippen LogP contribution in [0.1, 0.15) is 194 Å². The molecule has 0 aromatic carbocycles. The number of carbonyl (C=O) groups excluding carboxylic acids is 2. The standard InChI is InChI=1S/C42H78NO10P/c1-3-5-7-9-11-13-15-17-18-19-20-22-24-26-28-30-32-34-41(46)51-35-38(44)36-52-54(49,50)53-37-39(42(47)48)43-40(45)33-31-29-27-25-23-21-16-14-12-10-8-6-4-2/h14,16-18,38-39,44H,3-13,15,19-37H2,1-2H3,(H,43,45)(H,47,48)(H,49,50)/b16-14-,18-17-. The Balaban J connectivity index is 3.91. The first kappa shape index (κ1) is 52.0. The van der Waals surface area contributed by atoms with Gasteiger partial charge in [-0.3, -0.25) is 18.6 Å². The van der Waals surface area contributed by atoms with Crippen molar-refractivity contribution in [3.8, 4) is 0 Å². The molecule has 11 nitrogen and oxygen atoms in total.